The third-order valence-corrected chi connectivity index (χ3v) is 6.02. The highest BCUT2D eigenvalue weighted by molar-refractivity contribution is 5.76. The molecule has 1 aromatic rings. The van der Waals surface area contributed by atoms with Gasteiger partial charge in [-0.15, -0.1) is 0 Å². The number of pyridine rings is 1. The first-order chi connectivity index (χ1) is 11.8. The van der Waals surface area contributed by atoms with Gasteiger partial charge in [0.2, 0.25) is 5.91 Å². The molecule has 4 heteroatoms. The Balaban J connectivity index is 1.34. The van der Waals surface area contributed by atoms with Crippen LogP contribution in [-0.2, 0) is 4.79 Å². The number of hydrogen-bond donors (Lipinski definition) is 1. The van der Waals surface area contributed by atoms with Gasteiger partial charge in [-0.25, -0.2) is 0 Å². The molecule has 2 heterocycles. The smallest absolute Gasteiger partial charge is 0.220 e. The van der Waals surface area contributed by atoms with E-state index in [0.29, 0.717) is 12.5 Å². The number of rotatable bonds is 8. The SMILES string of the molecule is O=C(CC(C1CC1)C1CC1)NCC(c1cccnc1)N1CCCC1. The van der Waals surface area contributed by atoms with Crippen LogP contribution in [0, 0.1) is 17.8 Å². The Morgan fingerprint density at radius 2 is 1.92 bits per heavy atom. The van der Waals surface area contributed by atoms with E-state index in [1.807, 2.05) is 18.5 Å². The lowest BCUT2D eigenvalue weighted by Gasteiger charge is -2.28. The van der Waals surface area contributed by atoms with E-state index < -0.39 is 0 Å². The van der Waals surface area contributed by atoms with Crippen LogP contribution in [-0.4, -0.2) is 35.4 Å². The molecule has 1 aromatic heterocycles. The van der Waals surface area contributed by atoms with Crippen LogP contribution < -0.4 is 5.32 Å². The fraction of sp³-hybridized carbons (Fsp3) is 0.700. The quantitative estimate of drug-likeness (QED) is 0.798. The molecule has 1 atom stereocenters. The highest BCUT2D eigenvalue weighted by Crippen LogP contribution is 2.50. The van der Waals surface area contributed by atoms with Crippen molar-refractivity contribution in [3.63, 3.8) is 0 Å². The number of nitrogens with zero attached hydrogens (tertiary/aromatic N) is 2. The second-order valence-electron chi connectivity index (χ2n) is 7.89. The van der Waals surface area contributed by atoms with Gasteiger partial charge in [-0.1, -0.05) is 6.07 Å². The Bertz CT molecular complexity index is 535. The molecule has 1 amide bonds. The average Bonchev–Trinajstić information content (AvgIpc) is 3.54. The van der Waals surface area contributed by atoms with Gasteiger partial charge < -0.3 is 5.32 Å². The maximum Gasteiger partial charge on any atom is 0.220 e. The zero-order chi connectivity index (χ0) is 16.4. The molecule has 2 saturated carbocycles. The minimum absolute atomic E-state index is 0.256. The van der Waals surface area contributed by atoms with Crippen molar-refractivity contribution in [2.45, 2.75) is 51.0 Å². The first-order valence-electron chi connectivity index (χ1n) is 9.72. The number of amides is 1. The van der Waals surface area contributed by atoms with Crippen LogP contribution in [0.3, 0.4) is 0 Å². The van der Waals surface area contributed by atoms with Gasteiger partial charge in [0, 0.05) is 25.4 Å². The lowest BCUT2D eigenvalue weighted by molar-refractivity contribution is -0.122. The summed E-state index contributed by atoms with van der Waals surface area (Å²) < 4.78 is 0. The lowest BCUT2D eigenvalue weighted by atomic mass is 9.93. The number of carbonyl (C=O) groups is 1. The van der Waals surface area contributed by atoms with Gasteiger partial charge in [-0.05, 0) is 81.0 Å². The molecule has 1 N–H and O–H groups in total. The average molecular weight is 327 g/mol. The Hall–Kier alpha value is -1.42. The molecule has 130 valence electrons. The first-order valence-corrected chi connectivity index (χ1v) is 9.72. The molecule has 1 aliphatic heterocycles. The molecule has 3 aliphatic rings. The second-order valence-corrected chi connectivity index (χ2v) is 7.89. The second kappa shape index (κ2) is 7.22. The molecule has 0 spiro atoms. The van der Waals surface area contributed by atoms with Crippen molar-refractivity contribution in [3.8, 4) is 0 Å². The largest absolute Gasteiger partial charge is 0.354 e. The van der Waals surface area contributed by atoms with Crippen molar-refractivity contribution in [2.75, 3.05) is 19.6 Å². The van der Waals surface area contributed by atoms with Crippen LogP contribution in [0.25, 0.3) is 0 Å². The molecule has 3 fully saturated rings. The van der Waals surface area contributed by atoms with Crippen LogP contribution >= 0.6 is 0 Å². The van der Waals surface area contributed by atoms with Gasteiger partial charge in [0.05, 0.1) is 6.04 Å². The summed E-state index contributed by atoms with van der Waals surface area (Å²) in [7, 11) is 0. The van der Waals surface area contributed by atoms with Crippen molar-refractivity contribution < 1.29 is 4.79 Å². The predicted octanol–water partition coefficient (Wildman–Crippen LogP) is 3.16. The van der Waals surface area contributed by atoms with Crippen molar-refractivity contribution in [2.24, 2.45) is 17.8 Å². The third-order valence-electron chi connectivity index (χ3n) is 6.02. The van der Waals surface area contributed by atoms with E-state index >= 15 is 0 Å². The van der Waals surface area contributed by atoms with E-state index in [1.54, 1.807) is 0 Å². The summed E-state index contributed by atoms with van der Waals surface area (Å²) in [5, 5.41) is 3.25. The van der Waals surface area contributed by atoms with Crippen LogP contribution in [0.4, 0.5) is 0 Å². The van der Waals surface area contributed by atoms with Crippen molar-refractivity contribution >= 4 is 5.91 Å². The molecule has 2 aliphatic carbocycles. The number of carbonyl (C=O) groups excluding carboxylic acids is 1. The normalized spacial score (nSPS) is 22.7. The number of hydrogen-bond acceptors (Lipinski definition) is 3. The fourth-order valence-corrected chi connectivity index (χ4v) is 4.35. The van der Waals surface area contributed by atoms with Crippen LogP contribution in [0.15, 0.2) is 24.5 Å². The summed E-state index contributed by atoms with van der Waals surface area (Å²) in [6.07, 6.45) is 12.4. The fourth-order valence-electron chi connectivity index (χ4n) is 4.35. The van der Waals surface area contributed by atoms with Gasteiger partial charge in [0.25, 0.3) is 0 Å². The van der Waals surface area contributed by atoms with E-state index in [1.165, 1.54) is 44.1 Å². The summed E-state index contributed by atoms with van der Waals surface area (Å²) in [5.41, 5.74) is 1.22. The van der Waals surface area contributed by atoms with Crippen LogP contribution in [0.2, 0.25) is 0 Å². The van der Waals surface area contributed by atoms with E-state index in [2.05, 4.69) is 21.3 Å². The Morgan fingerprint density at radius 1 is 1.21 bits per heavy atom. The minimum atomic E-state index is 0.256. The molecule has 4 rings (SSSR count). The van der Waals surface area contributed by atoms with Gasteiger partial charge >= 0.3 is 0 Å². The van der Waals surface area contributed by atoms with Gasteiger partial charge in [-0.2, -0.15) is 0 Å². The van der Waals surface area contributed by atoms with Gasteiger partial charge in [0.15, 0.2) is 0 Å². The topological polar surface area (TPSA) is 45.2 Å². The van der Waals surface area contributed by atoms with Crippen molar-refractivity contribution in [1.82, 2.24) is 15.2 Å². The molecule has 0 bridgehead atoms. The number of likely N-dealkylation sites (tertiary alicyclic amines) is 1. The number of nitrogens with one attached hydrogen (secondary N) is 1. The molecular weight excluding hydrogens is 298 g/mol. The Kier molecular flexibility index (Phi) is 4.83. The molecule has 1 unspecified atom stereocenters. The van der Waals surface area contributed by atoms with Crippen LogP contribution in [0.1, 0.15) is 56.6 Å². The number of aromatic nitrogens is 1. The molecule has 1 saturated heterocycles. The zero-order valence-electron chi connectivity index (χ0n) is 14.5. The van der Waals surface area contributed by atoms with Gasteiger partial charge in [-0.3, -0.25) is 14.7 Å². The standard InChI is InChI=1S/C20H29N3O/c24-20(12-18(15-5-6-15)16-7-8-16)22-14-19(23-10-1-2-11-23)17-4-3-9-21-13-17/h3-4,9,13,15-16,18-19H,1-2,5-8,10-12,14H2,(H,22,24). The van der Waals surface area contributed by atoms with E-state index in [0.717, 1.165) is 31.3 Å². The van der Waals surface area contributed by atoms with E-state index in [-0.39, 0.29) is 11.9 Å². The minimum Gasteiger partial charge on any atom is -0.354 e. The Morgan fingerprint density at radius 3 is 2.50 bits per heavy atom. The van der Waals surface area contributed by atoms with E-state index in [4.69, 9.17) is 0 Å². The van der Waals surface area contributed by atoms with Crippen LogP contribution in [0.5, 0.6) is 0 Å². The van der Waals surface area contributed by atoms with Crippen molar-refractivity contribution in [1.29, 1.82) is 0 Å². The summed E-state index contributed by atoms with van der Waals surface area (Å²) in [5.74, 6) is 2.60. The summed E-state index contributed by atoms with van der Waals surface area (Å²) in [6.45, 7) is 2.97. The first kappa shape index (κ1) is 16.1. The summed E-state index contributed by atoms with van der Waals surface area (Å²) in [6, 6.07) is 4.40. The van der Waals surface area contributed by atoms with E-state index in [9.17, 15) is 4.79 Å². The summed E-state index contributed by atoms with van der Waals surface area (Å²) >= 11 is 0. The van der Waals surface area contributed by atoms with Gasteiger partial charge in [0.1, 0.15) is 0 Å². The maximum absolute atomic E-state index is 12.5. The Labute approximate surface area is 145 Å². The molecule has 0 aromatic carbocycles. The molecule has 24 heavy (non-hydrogen) atoms. The van der Waals surface area contributed by atoms with Crippen molar-refractivity contribution in [3.05, 3.63) is 30.1 Å². The highest BCUT2D eigenvalue weighted by Gasteiger charge is 2.42. The monoisotopic (exact) mass is 327 g/mol. The predicted molar refractivity (Wildman–Crippen MR) is 94.3 cm³/mol. The zero-order valence-corrected chi connectivity index (χ0v) is 14.5. The molecular formula is C20H29N3O. The highest BCUT2D eigenvalue weighted by atomic mass is 16.1. The third kappa shape index (κ3) is 3.97. The molecule has 0 radical (unpaired) electrons. The summed E-state index contributed by atoms with van der Waals surface area (Å²) in [4.78, 5) is 19.3. The lowest BCUT2D eigenvalue weighted by Crippen LogP contribution is -2.37. The molecule has 4 nitrogen and oxygen atoms in total. The maximum atomic E-state index is 12.5.